The van der Waals surface area contributed by atoms with Crippen LogP contribution < -0.4 is 5.32 Å². The summed E-state index contributed by atoms with van der Waals surface area (Å²) in [5.74, 6) is 0.650. The van der Waals surface area contributed by atoms with Gasteiger partial charge in [0.25, 0.3) is 5.91 Å². The predicted octanol–water partition coefficient (Wildman–Crippen LogP) is 3.18. The summed E-state index contributed by atoms with van der Waals surface area (Å²) < 4.78 is 0. The third-order valence-corrected chi connectivity index (χ3v) is 3.60. The first-order valence-electron chi connectivity index (χ1n) is 6.92. The summed E-state index contributed by atoms with van der Waals surface area (Å²) in [5, 5.41) is 3.53. The number of carbonyl (C=O) groups is 1. The Morgan fingerprint density at radius 1 is 1.32 bits per heavy atom. The van der Waals surface area contributed by atoms with Crippen molar-refractivity contribution >= 4 is 23.3 Å². The van der Waals surface area contributed by atoms with Crippen molar-refractivity contribution < 1.29 is 4.79 Å². The highest BCUT2D eigenvalue weighted by Crippen LogP contribution is 2.20. The van der Waals surface area contributed by atoms with Crippen molar-refractivity contribution in [1.82, 2.24) is 9.88 Å². The normalized spacial score (nSPS) is 16.0. The minimum atomic E-state index is -0.0494. The Kier molecular flexibility index (Phi) is 5.02. The maximum Gasteiger partial charge on any atom is 0.274 e. The van der Waals surface area contributed by atoms with Gasteiger partial charge in [0.05, 0.1) is 5.02 Å². The summed E-state index contributed by atoms with van der Waals surface area (Å²) in [5.41, 5.74) is 0.363. The number of nitrogens with one attached hydrogen (secondary N) is 1. The van der Waals surface area contributed by atoms with Crippen molar-refractivity contribution in [1.29, 1.82) is 0 Å². The summed E-state index contributed by atoms with van der Waals surface area (Å²) >= 11 is 6.11. The Balaban J connectivity index is 2.18. The van der Waals surface area contributed by atoms with Crippen molar-refractivity contribution in [3.63, 3.8) is 0 Å². The van der Waals surface area contributed by atoms with Crippen LogP contribution in [0.4, 0.5) is 5.82 Å². The number of likely N-dealkylation sites (tertiary alicyclic amines) is 1. The molecule has 1 aromatic rings. The van der Waals surface area contributed by atoms with Crippen molar-refractivity contribution in [3.8, 4) is 0 Å². The number of amides is 1. The van der Waals surface area contributed by atoms with E-state index >= 15 is 0 Å². The second-order valence-corrected chi connectivity index (χ2v) is 5.17. The number of halogens is 1. The zero-order chi connectivity index (χ0) is 13.7. The zero-order valence-corrected chi connectivity index (χ0v) is 12.0. The molecule has 104 valence electrons. The van der Waals surface area contributed by atoms with Gasteiger partial charge in [0.15, 0.2) is 0 Å². The Bertz CT molecular complexity index is 442. The molecule has 1 N–H and O–H groups in total. The molecule has 2 heterocycles. The van der Waals surface area contributed by atoms with Crippen molar-refractivity contribution in [2.24, 2.45) is 0 Å². The number of anilines is 1. The molecule has 19 heavy (non-hydrogen) atoms. The molecule has 1 saturated heterocycles. The lowest BCUT2D eigenvalue weighted by Crippen LogP contribution is -2.32. The van der Waals surface area contributed by atoms with Crippen LogP contribution in [0, 0.1) is 0 Å². The van der Waals surface area contributed by atoms with E-state index in [1.807, 2.05) is 11.8 Å². The first kappa shape index (κ1) is 14.1. The van der Waals surface area contributed by atoms with Crippen LogP contribution in [0.2, 0.25) is 5.02 Å². The van der Waals surface area contributed by atoms with Gasteiger partial charge in [-0.2, -0.15) is 0 Å². The highest BCUT2D eigenvalue weighted by molar-refractivity contribution is 6.33. The molecule has 0 spiro atoms. The highest BCUT2D eigenvalue weighted by atomic mass is 35.5. The van der Waals surface area contributed by atoms with E-state index < -0.39 is 0 Å². The maximum absolute atomic E-state index is 12.5. The van der Waals surface area contributed by atoms with Gasteiger partial charge in [0, 0.05) is 19.6 Å². The second kappa shape index (κ2) is 6.75. The van der Waals surface area contributed by atoms with E-state index in [9.17, 15) is 4.79 Å². The third-order valence-electron chi connectivity index (χ3n) is 3.30. The van der Waals surface area contributed by atoms with Crippen LogP contribution in [-0.2, 0) is 0 Å². The van der Waals surface area contributed by atoms with Gasteiger partial charge in [-0.05, 0) is 31.9 Å². The fourth-order valence-electron chi connectivity index (χ4n) is 2.30. The Labute approximate surface area is 119 Å². The molecule has 0 aromatic carbocycles. The minimum absolute atomic E-state index is 0.0494. The number of carbonyl (C=O) groups excluding carboxylic acids is 1. The molecular weight excluding hydrogens is 262 g/mol. The Morgan fingerprint density at radius 3 is 2.63 bits per heavy atom. The number of hydrogen-bond acceptors (Lipinski definition) is 3. The standard InChI is InChI=1S/C14H20ClN3O/c1-2-16-12-8-7-11(15)13(17-12)14(19)18-9-5-3-4-6-10-18/h7-8H,2-6,9-10H2,1H3,(H,16,17). The molecule has 1 aliphatic rings. The number of rotatable bonds is 3. The van der Waals surface area contributed by atoms with Crippen LogP contribution in [-0.4, -0.2) is 35.4 Å². The zero-order valence-electron chi connectivity index (χ0n) is 11.3. The fourth-order valence-corrected chi connectivity index (χ4v) is 2.48. The molecule has 2 rings (SSSR count). The number of nitrogens with zero attached hydrogens (tertiary/aromatic N) is 2. The SMILES string of the molecule is CCNc1ccc(Cl)c(C(=O)N2CCCCCC2)n1. The fraction of sp³-hybridized carbons (Fsp3) is 0.571. The summed E-state index contributed by atoms with van der Waals surface area (Å²) in [6.45, 7) is 4.38. The van der Waals surface area contributed by atoms with Crippen molar-refractivity contribution in [2.75, 3.05) is 25.0 Å². The molecule has 1 fully saturated rings. The van der Waals surface area contributed by atoms with E-state index in [4.69, 9.17) is 11.6 Å². The molecule has 4 nitrogen and oxygen atoms in total. The van der Waals surface area contributed by atoms with Gasteiger partial charge in [-0.15, -0.1) is 0 Å². The van der Waals surface area contributed by atoms with Gasteiger partial charge in [-0.3, -0.25) is 4.79 Å². The van der Waals surface area contributed by atoms with Crippen molar-refractivity contribution in [3.05, 3.63) is 22.8 Å². The first-order chi connectivity index (χ1) is 9.22. The van der Waals surface area contributed by atoms with E-state index in [1.165, 1.54) is 12.8 Å². The van der Waals surface area contributed by atoms with Crippen LogP contribution in [0.15, 0.2) is 12.1 Å². The quantitative estimate of drug-likeness (QED) is 0.925. The van der Waals surface area contributed by atoms with Crippen LogP contribution in [0.25, 0.3) is 0 Å². The van der Waals surface area contributed by atoms with E-state index in [-0.39, 0.29) is 5.91 Å². The van der Waals surface area contributed by atoms with Gasteiger partial charge in [-0.25, -0.2) is 4.98 Å². The average Bonchev–Trinajstić information content (AvgIpc) is 2.69. The predicted molar refractivity (Wildman–Crippen MR) is 77.8 cm³/mol. The van der Waals surface area contributed by atoms with Crippen molar-refractivity contribution in [2.45, 2.75) is 32.6 Å². The topological polar surface area (TPSA) is 45.2 Å². The molecule has 0 atom stereocenters. The molecule has 0 saturated carbocycles. The maximum atomic E-state index is 12.5. The lowest BCUT2D eigenvalue weighted by molar-refractivity contribution is 0.0756. The molecule has 1 aromatic heterocycles. The molecule has 1 aliphatic heterocycles. The van der Waals surface area contributed by atoms with E-state index in [0.717, 1.165) is 32.5 Å². The molecule has 0 radical (unpaired) electrons. The molecule has 0 aliphatic carbocycles. The summed E-state index contributed by atoms with van der Waals surface area (Å²) in [4.78, 5) is 18.7. The smallest absolute Gasteiger partial charge is 0.274 e. The van der Waals surface area contributed by atoms with E-state index in [0.29, 0.717) is 16.5 Å². The van der Waals surface area contributed by atoms with Gasteiger partial charge < -0.3 is 10.2 Å². The van der Waals surface area contributed by atoms with Gasteiger partial charge in [-0.1, -0.05) is 24.4 Å². The highest BCUT2D eigenvalue weighted by Gasteiger charge is 2.21. The van der Waals surface area contributed by atoms with E-state index in [2.05, 4.69) is 10.3 Å². The molecule has 0 unspecified atom stereocenters. The molecular formula is C14H20ClN3O. The van der Waals surface area contributed by atoms with Gasteiger partial charge in [0.2, 0.25) is 0 Å². The Hall–Kier alpha value is -1.29. The van der Waals surface area contributed by atoms with Crippen LogP contribution in [0.1, 0.15) is 43.1 Å². The number of pyridine rings is 1. The number of aromatic nitrogens is 1. The average molecular weight is 282 g/mol. The van der Waals surface area contributed by atoms with Gasteiger partial charge in [0.1, 0.15) is 11.5 Å². The summed E-state index contributed by atoms with van der Waals surface area (Å²) in [6.07, 6.45) is 4.53. The minimum Gasteiger partial charge on any atom is -0.370 e. The monoisotopic (exact) mass is 281 g/mol. The molecule has 5 heteroatoms. The van der Waals surface area contributed by atoms with E-state index in [1.54, 1.807) is 12.1 Å². The van der Waals surface area contributed by atoms with Crippen LogP contribution >= 0.6 is 11.6 Å². The van der Waals surface area contributed by atoms with Gasteiger partial charge >= 0.3 is 0 Å². The first-order valence-corrected chi connectivity index (χ1v) is 7.30. The molecule has 0 bridgehead atoms. The van der Waals surface area contributed by atoms with Crippen LogP contribution in [0.3, 0.4) is 0 Å². The summed E-state index contributed by atoms with van der Waals surface area (Å²) in [7, 11) is 0. The van der Waals surface area contributed by atoms with Crippen LogP contribution in [0.5, 0.6) is 0 Å². The molecule has 1 amide bonds. The largest absolute Gasteiger partial charge is 0.370 e. The second-order valence-electron chi connectivity index (χ2n) is 4.76. The lowest BCUT2D eigenvalue weighted by atomic mass is 10.2. The Morgan fingerprint density at radius 2 is 2.00 bits per heavy atom. The third kappa shape index (κ3) is 3.60. The lowest BCUT2D eigenvalue weighted by Gasteiger charge is -2.20. The number of hydrogen-bond donors (Lipinski definition) is 1. The summed E-state index contributed by atoms with van der Waals surface area (Å²) in [6, 6.07) is 3.53.